The molecule has 0 spiro atoms. The summed E-state index contributed by atoms with van der Waals surface area (Å²) >= 11 is 1.77. The fraction of sp³-hybridized carbons (Fsp3) is 0.269. The van der Waals surface area contributed by atoms with Crippen molar-refractivity contribution in [2.45, 2.75) is 29.4 Å². The number of amides is 1. The summed E-state index contributed by atoms with van der Waals surface area (Å²) in [6, 6.07) is 23.1. The van der Waals surface area contributed by atoms with Crippen LogP contribution in [0, 0.1) is 13.8 Å². The lowest BCUT2D eigenvalue weighted by Crippen LogP contribution is -2.50. The topological polar surface area (TPSA) is 57.7 Å². The number of carbonyl (C=O) groups is 1. The number of hydrogen-bond acceptors (Lipinski definition) is 4. The van der Waals surface area contributed by atoms with Crippen molar-refractivity contribution < 1.29 is 13.2 Å². The molecule has 172 valence electrons. The normalized spacial score (nSPS) is 14.9. The number of rotatable bonds is 6. The summed E-state index contributed by atoms with van der Waals surface area (Å²) in [5.41, 5.74) is 4.06. The SMILES string of the molecule is Cc1ccc(SCc2ccc(C(=O)N3CCN(S(=O)(=O)c4ccc(C)cc4)CC3)cc2)cc1. The maximum Gasteiger partial charge on any atom is 0.253 e. The van der Waals surface area contributed by atoms with Gasteiger partial charge in [-0.1, -0.05) is 47.5 Å². The summed E-state index contributed by atoms with van der Waals surface area (Å²) in [5.74, 6) is 0.785. The number of aryl methyl sites for hydroxylation is 2. The van der Waals surface area contributed by atoms with E-state index in [0.29, 0.717) is 36.6 Å². The number of carbonyl (C=O) groups excluding carboxylic acids is 1. The van der Waals surface area contributed by atoms with E-state index in [-0.39, 0.29) is 5.91 Å². The van der Waals surface area contributed by atoms with Crippen LogP contribution in [0.2, 0.25) is 0 Å². The van der Waals surface area contributed by atoms with E-state index < -0.39 is 10.0 Å². The quantitative estimate of drug-likeness (QED) is 0.478. The number of hydrogen-bond donors (Lipinski definition) is 0. The number of benzene rings is 3. The third kappa shape index (κ3) is 5.66. The van der Waals surface area contributed by atoms with Gasteiger partial charge in [-0.15, -0.1) is 11.8 Å². The Morgan fingerprint density at radius 1 is 0.788 bits per heavy atom. The molecule has 1 saturated heterocycles. The zero-order valence-electron chi connectivity index (χ0n) is 18.9. The van der Waals surface area contributed by atoms with Crippen LogP contribution in [-0.4, -0.2) is 49.7 Å². The van der Waals surface area contributed by atoms with Gasteiger partial charge in [0, 0.05) is 42.4 Å². The van der Waals surface area contributed by atoms with Gasteiger partial charge in [-0.2, -0.15) is 4.31 Å². The van der Waals surface area contributed by atoms with Crippen LogP contribution < -0.4 is 0 Å². The van der Waals surface area contributed by atoms with Gasteiger partial charge in [-0.05, 0) is 55.8 Å². The second-order valence-electron chi connectivity index (χ2n) is 8.31. The zero-order chi connectivity index (χ0) is 23.4. The van der Waals surface area contributed by atoms with E-state index in [1.165, 1.54) is 14.8 Å². The standard InChI is InChI=1S/C26H28N2O3S2/c1-20-3-11-24(12-4-20)32-19-22-7-9-23(10-8-22)26(29)27-15-17-28(18-16-27)33(30,31)25-13-5-21(2)6-14-25/h3-14H,15-19H2,1-2H3. The zero-order valence-corrected chi connectivity index (χ0v) is 20.5. The minimum absolute atomic E-state index is 0.0554. The fourth-order valence-corrected chi connectivity index (χ4v) is 5.99. The van der Waals surface area contributed by atoms with Crippen molar-refractivity contribution in [1.29, 1.82) is 0 Å². The van der Waals surface area contributed by atoms with Crippen molar-refractivity contribution in [1.82, 2.24) is 9.21 Å². The first-order valence-electron chi connectivity index (χ1n) is 11.0. The third-order valence-corrected chi connectivity index (χ3v) is 8.81. The van der Waals surface area contributed by atoms with Gasteiger partial charge >= 0.3 is 0 Å². The molecule has 1 aliphatic rings. The average Bonchev–Trinajstić information content (AvgIpc) is 2.84. The molecule has 0 unspecified atom stereocenters. The molecule has 5 nitrogen and oxygen atoms in total. The Morgan fingerprint density at radius 2 is 1.33 bits per heavy atom. The second kappa shape index (κ2) is 10.1. The number of nitrogens with zero attached hydrogens (tertiary/aromatic N) is 2. The van der Waals surface area contributed by atoms with Gasteiger partial charge in [0.05, 0.1) is 4.90 Å². The van der Waals surface area contributed by atoms with Crippen molar-refractivity contribution >= 4 is 27.7 Å². The summed E-state index contributed by atoms with van der Waals surface area (Å²) < 4.78 is 27.2. The van der Waals surface area contributed by atoms with Gasteiger partial charge in [0.1, 0.15) is 0 Å². The first kappa shape index (κ1) is 23.5. The molecule has 3 aromatic rings. The molecule has 0 N–H and O–H groups in total. The molecule has 4 rings (SSSR count). The number of thioether (sulfide) groups is 1. The monoisotopic (exact) mass is 480 g/mol. The molecule has 0 saturated carbocycles. The highest BCUT2D eigenvalue weighted by molar-refractivity contribution is 7.98. The van der Waals surface area contributed by atoms with Crippen molar-refractivity contribution in [2.75, 3.05) is 26.2 Å². The molecule has 0 radical (unpaired) electrons. The van der Waals surface area contributed by atoms with Crippen LogP contribution in [0.4, 0.5) is 0 Å². The largest absolute Gasteiger partial charge is 0.336 e. The lowest BCUT2D eigenvalue weighted by Gasteiger charge is -2.34. The molecule has 0 aromatic heterocycles. The molecule has 3 aromatic carbocycles. The summed E-state index contributed by atoms with van der Waals surface area (Å²) in [5, 5.41) is 0. The van der Waals surface area contributed by atoms with Crippen molar-refractivity contribution in [3.8, 4) is 0 Å². The van der Waals surface area contributed by atoms with Crippen LogP contribution in [-0.2, 0) is 15.8 Å². The van der Waals surface area contributed by atoms with E-state index in [4.69, 9.17) is 0 Å². The molecule has 1 aliphatic heterocycles. The highest BCUT2D eigenvalue weighted by Crippen LogP contribution is 2.24. The predicted octanol–water partition coefficient (Wildman–Crippen LogP) is 4.74. The van der Waals surface area contributed by atoms with E-state index >= 15 is 0 Å². The minimum atomic E-state index is -3.54. The van der Waals surface area contributed by atoms with Gasteiger partial charge in [-0.3, -0.25) is 4.79 Å². The summed E-state index contributed by atoms with van der Waals surface area (Å²) in [6.07, 6.45) is 0. The highest BCUT2D eigenvalue weighted by Gasteiger charge is 2.30. The molecular weight excluding hydrogens is 452 g/mol. The van der Waals surface area contributed by atoms with Crippen LogP contribution in [0.5, 0.6) is 0 Å². The van der Waals surface area contributed by atoms with Crippen molar-refractivity contribution in [3.05, 3.63) is 95.1 Å². The maximum atomic E-state index is 12.9. The van der Waals surface area contributed by atoms with Gasteiger partial charge in [0.15, 0.2) is 0 Å². The van der Waals surface area contributed by atoms with E-state index in [9.17, 15) is 13.2 Å². The Balaban J connectivity index is 1.32. The van der Waals surface area contributed by atoms with Crippen LogP contribution in [0.25, 0.3) is 0 Å². The molecular formula is C26H28N2O3S2. The van der Waals surface area contributed by atoms with Crippen molar-refractivity contribution in [2.24, 2.45) is 0 Å². The Morgan fingerprint density at radius 3 is 1.91 bits per heavy atom. The Bertz CT molecular complexity index is 1200. The van der Waals surface area contributed by atoms with Gasteiger partial charge in [0.2, 0.25) is 10.0 Å². The van der Waals surface area contributed by atoms with Crippen LogP contribution >= 0.6 is 11.8 Å². The fourth-order valence-electron chi connectivity index (χ4n) is 3.72. The molecule has 1 amide bonds. The van der Waals surface area contributed by atoms with E-state index in [0.717, 1.165) is 16.9 Å². The highest BCUT2D eigenvalue weighted by atomic mass is 32.2. The Hall–Kier alpha value is -2.61. The molecule has 7 heteroatoms. The van der Waals surface area contributed by atoms with E-state index in [1.807, 2.05) is 31.2 Å². The van der Waals surface area contributed by atoms with Crippen molar-refractivity contribution in [3.63, 3.8) is 0 Å². The molecule has 1 heterocycles. The van der Waals surface area contributed by atoms with Crippen LogP contribution in [0.3, 0.4) is 0 Å². The molecule has 0 aliphatic carbocycles. The lowest BCUT2D eigenvalue weighted by atomic mass is 10.1. The smallest absolute Gasteiger partial charge is 0.253 e. The second-order valence-corrected chi connectivity index (χ2v) is 11.3. The summed E-state index contributed by atoms with van der Waals surface area (Å²) in [7, 11) is -3.54. The summed E-state index contributed by atoms with van der Waals surface area (Å²) in [4.78, 5) is 16.2. The Kier molecular flexibility index (Phi) is 7.22. The van der Waals surface area contributed by atoms with Crippen LogP contribution in [0.1, 0.15) is 27.0 Å². The van der Waals surface area contributed by atoms with Crippen LogP contribution in [0.15, 0.2) is 82.6 Å². The summed E-state index contributed by atoms with van der Waals surface area (Å²) in [6.45, 7) is 5.37. The Labute approximate surface area is 200 Å². The van der Waals surface area contributed by atoms with Gasteiger partial charge in [-0.25, -0.2) is 8.42 Å². The molecule has 33 heavy (non-hydrogen) atoms. The molecule has 0 bridgehead atoms. The third-order valence-electron chi connectivity index (χ3n) is 5.81. The average molecular weight is 481 g/mol. The lowest BCUT2D eigenvalue weighted by molar-refractivity contribution is 0.0698. The van der Waals surface area contributed by atoms with Gasteiger partial charge < -0.3 is 4.90 Å². The first-order chi connectivity index (χ1) is 15.8. The molecule has 0 atom stereocenters. The van der Waals surface area contributed by atoms with Gasteiger partial charge in [0.25, 0.3) is 5.91 Å². The number of sulfonamides is 1. The predicted molar refractivity (Wildman–Crippen MR) is 133 cm³/mol. The maximum absolute atomic E-state index is 12.9. The van der Waals surface area contributed by atoms with E-state index in [1.54, 1.807) is 40.9 Å². The first-order valence-corrected chi connectivity index (χ1v) is 13.4. The van der Waals surface area contributed by atoms with E-state index in [2.05, 4.69) is 31.2 Å². The minimum Gasteiger partial charge on any atom is -0.336 e. The molecule has 1 fully saturated rings. The number of piperazine rings is 1.